The van der Waals surface area contributed by atoms with Crippen molar-refractivity contribution in [3.63, 3.8) is 0 Å². The van der Waals surface area contributed by atoms with Gasteiger partial charge in [-0.3, -0.25) is 0 Å². The number of anilines is 1. The molecule has 4 nitrogen and oxygen atoms in total. The van der Waals surface area contributed by atoms with E-state index in [1.807, 2.05) is 32.0 Å². The van der Waals surface area contributed by atoms with Crippen molar-refractivity contribution < 1.29 is 4.84 Å². The van der Waals surface area contributed by atoms with Crippen LogP contribution in [-0.2, 0) is 0 Å². The maximum atomic E-state index is 5.84. The summed E-state index contributed by atoms with van der Waals surface area (Å²) in [6.45, 7) is 3.90. The second-order valence-electron chi connectivity index (χ2n) is 3.46. The lowest BCUT2D eigenvalue weighted by atomic mass is 10.2. The molecule has 0 bridgehead atoms. The minimum atomic E-state index is 0.0812. The largest absolute Gasteiger partial charge is 0.397 e. The predicted octanol–water partition coefficient (Wildman–Crippen LogP) is 1.46. The normalized spacial score (nSPS) is 11.1. The number of hydrogen-bond acceptors (Lipinski definition) is 3. The fraction of sp³-hybridized carbons (Fsp3) is 0.300. The van der Waals surface area contributed by atoms with Crippen LogP contribution in [0.5, 0.6) is 0 Å². The number of nitrogens with two attached hydrogens (primary N) is 1. The maximum absolute atomic E-state index is 5.84. The van der Waals surface area contributed by atoms with Gasteiger partial charge in [0.1, 0.15) is 11.6 Å². The van der Waals surface area contributed by atoms with E-state index in [2.05, 4.69) is 5.10 Å². The minimum absolute atomic E-state index is 0.0812. The van der Waals surface area contributed by atoms with E-state index in [4.69, 9.17) is 10.6 Å². The van der Waals surface area contributed by atoms with Crippen LogP contribution in [0.2, 0.25) is 0 Å². The highest BCUT2D eigenvalue weighted by atomic mass is 16.7. The lowest BCUT2D eigenvalue weighted by Crippen LogP contribution is -2.20. The smallest absolute Gasteiger partial charge is 0.133 e. The summed E-state index contributed by atoms with van der Waals surface area (Å²) in [5, 5.41) is 5.10. The van der Waals surface area contributed by atoms with Crippen molar-refractivity contribution in [2.24, 2.45) is 0 Å². The summed E-state index contributed by atoms with van der Waals surface area (Å²) < 4.78 is 0. The van der Waals surface area contributed by atoms with Gasteiger partial charge in [-0.15, -0.1) is 5.10 Å². The molecule has 0 aliphatic rings. The highest BCUT2D eigenvalue weighted by molar-refractivity contribution is 5.89. The summed E-state index contributed by atoms with van der Waals surface area (Å²) in [5.41, 5.74) is 7.35. The van der Waals surface area contributed by atoms with E-state index in [-0.39, 0.29) is 6.10 Å². The zero-order chi connectivity index (χ0) is 10.1. The first-order valence-corrected chi connectivity index (χ1v) is 4.58. The molecular weight excluding hydrogens is 178 g/mol. The Morgan fingerprint density at radius 2 is 2.21 bits per heavy atom. The van der Waals surface area contributed by atoms with Crippen molar-refractivity contribution in [1.29, 1.82) is 0 Å². The second-order valence-corrected chi connectivity index (χ2v) is 3.46. The topological polar surface area (TPSA) is 53.1 Å². The summed E-state index contributed by atoms with van der Waals surface area (Å²) in [6.07, 6.45) is 1.83. The number of para-hydroxylation sites is 1. The molecule has 0 spiro atoms. The van der Waals surface area contributed by atoms with Gasteiger partial charge in [0.15, 0.2) is 0 Å². The molecule has 0 radical (unpaired) electrons. The average molecular weight is 191 g/mol. The number of aromatic nitrogens is 2. The summed E-state index contributed by atoms with van der Waals surface area (Å²) in [4.78, 5) is 6.96. The van der Waals surface area contributed by atoms with E-state index in [1.165, 1.54) is 4.85 Å². The monoisotopic (exact) mass is 191 g/mol. The molecule has 4 heteroatoms. The van der Waals surface area contributed by atoms with Crippen LogP contribution >= 0.6 is 0 Å². The Balaban J connectivity index is 2.55. The lowest BCUT2D eigenvalue weighted by molar-refractivity contribution is 0.0446. The van der Waals surface area contributed by atoms with Gasteiger partial charge >= 0.3 is 0 Å². The Morgan fingerprint density at radius 1 is 1.43 bits per heavy atom. The van der Waals surface area contributed by atoms with Gasteiger partial charge in [-0.2, -0.15) is 0 Å². The number of nitrogens with zero attached hydrogens (tertiary/aromatic N) is 2. The minimum Gasteiger partial charge on any atom is -0.397 e. The molecule has 0 aliphatic carbocycles. The highest BCUT2D eigenvalue weighted by Crippen LogP contribution is 2.19. The molecular formula is C10H13N3O. The number of nitrogen functional groups attached to an aromatic ring is 1. The molecule has 2 aromatic rings. The van der Waals surface area contributed by atoms with Gasteiger partial charge in [-0.1, -0.05) is 17.0 Å². The fourth-order valence-corrected chi connectivity index (χ4v) is 1.36. The van der Waals surface area contributed by atoms with Crippen molar-refractivity contribution in [3.05, 3.63) is 24.4 Å². The molecule has 0 saturated heterocycles. The summed E-state index contributed by atoms with van der Waals surface area (Å²) >= 11 is 0. The molecule has 1 heterocycles. The molecule has 0 fully saturated rings. The van der Waals surface area contributed by atoms with Crippen LogP contribution in [0.1, 0.15) is 13.8 Å². The van der Waals surface area contributed by atoms with Crippen LogP contribution in [0.15, 0.2) is 24.4 Å². The van der Waals surface area contributed by atoms with Crippen molar-refractivity contribution in [1.82, 2.24) is 9.94 Å². The van der Waals surface area contributed by atoms with E-state index >= 15 is 0 Å². The molecule has 74 valence electrons. The predicted molar refractivity (Wildman–Crippen MR) is 55.9 cm³/mol. The van der Waals surface area contributed by atoms with Crippen molar-refractivity contribution in [2.75, 3.05) is 5.73 Å². The Morgan fingerprint density at radius 3 is 2.93 bits per heavy atom. The first-order valence-electron chi connectivity index (χ1n) is 4.58. The molecule has 0 amide bonds. The SMILES string of the molecule is CC(C)On1ncc2cccc(N)c21. The number of fused-ring (bicyclic) bond motifs is 1. The molecule has 0 atom stereocenters. The van der Waals surface area contributed by atoms with Crippen LogP contribution in [0, 0.1) is 0 Å². The average Bonchev–Trinajstić information content (AvgIpc) is 2.49. The third kappa shape index (κ3) is 1.39. The summed E-state index contributed by atoms with van der Waals surface area (Å²) in [5.74, 6) is 0. The maximum Gasteiger partial charge on any atom is 0.133 e. The molecule has 1 aromatic heterocycles. The van der Waals surface area contributed by atoms with Crippen molar-refractivity contribution in [3.8, 4) is 0 Å². The zero-order valence-corrected chi connectivity index (χ0v) is 8.27. The molecule has 14 heavy (non-hydrogen) atoms. The third-order valence-electron chi connectivity index (χ3n) is 1.90. The third-order valence-corrected chi connectivity index (χ3v) is 1.90. The van der Waals surface area contributed by atoms with E-state index < -0.39 is 0 Å². The van der Waals surface area contributed by atoms with Gasteiger partial charge in [0.25, 0.3) is 0 Å². The zero-order valence-electron chi connectivity index (χ0n) is 8.27. The summed E-state index contributed by atoms with van der Waals surface area (Å²) in [7, 11) is 0. The van der Waals surface area contributed by atoms with Crippen molar-refractivity contribution >= 4 is 16.6 Å². The van der Waals surface area contributed by atoms with Gasteiger partial charge < -0.3 is 10.6 Å². The molecule has 2 N–H and O–H groups in total. The van der Waals surface area contributed by atoms with Gasteiger partial charge in [0, 0.05) is 5.39 Å². The Labute approximate surface area is 82.2 Å². The summed E-state index contributed by atoms with van der Waals surface area (Å²) in [6, 6.07) is 5.70. The van der Waals surface area contributed by atoms with E-state index in [1.54, 1.807) is 6.20 Å². The standard InChI is InChI=1S/C10H13N3O/c1-7(2)14-13-10-8(6-12-13)4-3-5-9(10)11/h3-7H,11H2,1-2H3. The van der Waals surface area contributed by atoms with Crippen LogP contribution in [0.4, 0.5) is 5.69 Å². The van der Waals surface area contributed by atoms with Crippen LogP contribution in [0.25, 0.3) is 10.9 Å². The van der Waals surface area contributed by atoms with Gasteiger partial charge in [-0.05, 0) is 19.9 Å². The van der Waals surface area contributed by atoms with Gasteiger partial charge in [0.05, 0.1) is 11.9 Å². The van der Waals surface area contributed by atoms with Gasteiger partial charge in [0.2, 0.25) is 0 Å². The fourth-order valence-electron chi connectivity index (χ4n) is 1.36. The van der Waals surface area contributed by atoms with E-state index in [0.717, 1.165) is 10.9 Å². The van der Waals surface area contributed by atoms with Gasteiger partial charge in [-0.25, -0.2) is 0 Å². The molecule has 1 aromatic carbocycles. The first kappa shape index (κ1) is 8.87. The van der Waals surface area contributed by atoms with E-state index in [0.29, 0.717) is 5.69 Å². The first-order chi connectivity index (χ1) is 6.68. The second kappa shape index (κ2) is 3.21. The number of benzene rings is 1. The number of hydrogen-bond donors (Lipinski definition) is 1. The quantitative estimate of drug-likeness (QED) is 0.731. The Kier molecular flexibility index (Phi) is 2.04. The molecule has 0 saturated carbocycles. The van der Waals surface area contributed by atoms with E-state index in [9.17, 15) is 0 Å². The van der Waals surface area contributed by atoms with Crippen molar-refractivity contribution in [2.45, 2.75) is 20.0 Å². The Bertz CT molecular complexity index is 448. The molecule has 0 unspecified atom stereocenters. The van der Waals surface area contributed by atoms with Crippen LogP contribution < -0.4 is 10.6 Å². The highest BCUT2D eigenvalue weighted by Gasteiger charge is 2.07. The molecule has 2 rings (SSSR count). The molecule has 0 aliphatic heterocycles. The van der Waals surface area contributed by atoms with Crippen LogP contribution in [0.3, 0.4) is 0 Å². The number of rotatable bonds is 2. The Hall–Kier alpha value is -1.71. The lowest BCUT2D eigenvalue weighted by Gasteiger charge is -2.09. The van der Waals surface area contributed by atoms with Crippen LogP contribution in [-0.4, -0.2) is 16.0 Å².